The minimum Gasteiger partial charge on any atom is -0.364 e. The fourth-order valence-electron chi connectivity index (χ4n) is 4.75. The molecule has 156 valence electrons. The summed E-state index contributed by atoms with van der Waals surface area (Å²) in [4.78, 5) is 30.9. The largest absolute Gasteiger partial charge is 0.364 e. The Labute approximate surface area is 169 Å². The zero-order valence-corrected chi connectivity index (χ0v) is 17.0. The van der Waals surface area contributed by atoms with E-state index < -0.39 is 5.41 Å². The van der Waals surface area contributed by atoms with Crippen LogP contribution in [-0.4, -0.2) is 69.7 Å². The SMILES string of the molecule is CCc1[nH]ncc1C(=O)N1CCC[C@@]2(C(=O)NCc3ccon3)CCN(C)C[C@H]12. The molecule has 0 aromatic carbocycles. The van der Waals surface area contributed by atoms with Crippen LogP contribution in [0.3, 0.4) is 0 Å². The molecule has 9 nitrogen and oxygen atoms in total. The lowest BCUT2D eigenvalue weighted by Crippen LogP contribution is -2.66. The number of fused-ring (bicyclic) bond motifs is 1. The van der Waals surface area contributed by atoms with Crippen molar-refractivity contribution in [2.45, 2.75) is 45.2 Å². The second-order valence-corrected chi connectivity index (χ2v) is 8.08. The third kappa shape index (κ3) is 3.55. The maximum absolute atomic E-state index is 13.4. The number of piperidine rings is 2. The van der Waals surface area contributed by atoms with Gasteiger partial charge in [0.05, 0.1) is 29.8 Å². The van der Waals surface area contributed by atoms with Gasteiger partial charge in [-0.1, -0.05) is 12.1 Å². The molecule has 2 aliphatic rings. The van der Waals surface area contributed by atoms with Crippen molar-refractivity contribution < 1.29 is 14.1 Å². The zero-order valence-electron chi connectivity index (χ0n) is 17.0. The number of H-pyrrole nitrogens is 1. The molecule has 29 heavy (non-hydrogen) atoms. The number of carbonyl (C=O) groups excluding carboxylic acids is 2. The van der Waals surface area contributed by atoms with Crippen LogP contribution in [-0.2, 0) is 17.8 Å². The van der Waals surface area contributed by atoms with E-state index in [1.54, 1.807) is 12.3 Å². The number of rotatable bonds is 5. The number of amides is 2. The fraction of sp³-hybridized carbons (Fsp3) is 0.600. The van der Waals surface area contributed by atoms with Crippen LogP contribution < -0.4 is 5.32 Å². The average Bonchev–Trinajstić information content (AvgIpc) is 3.42. The molecule has 9 heteroatoms. The molecule has 2 N–H and O–H groups in total. The second kappa shape index (κ2) is 7.98. The van der Waals surface area contributed by atoms with Gasteiger partial charge in [-0.2, -0.15) is 5.10 Å². The Morgan fingerprint density at radius 3 is 3.00 bits per heavy atom. The van der Waals surface area contributed by atoms with Crippen LogP contribution in [0.5, 0.6) is 0 Å². The molecular formula is C20H28N6O3. The quantitative estimate of drug-likeness (QED) is 0.781. The highest BCUT2D eigenvalue weighted by Crippen LogP contribution is 2.43. The number of hydrogen-bond acceptors (Lipinski definition) is 6. The van der Waals surface area contributed by atoms with E-state index in [0.717, 1.165) is 31.5 Å². The number of aromatic nitrogens is 3. The minimum atomic E-state index is -0.583. The van der Waals surface area contributed by atoms with E-state index in [1.807, 2.05) is 18.9 Å². The molecule has 2 amide bonds. The van der Waals surface area contributed by atoms with Gasteiger partial charge in [0.25, 0.3) is 5.91 Å². The molecule has 0 unspecified atom stereocenters. The Morgan fingerprint density at radius 2 is 2.24 bits per heavy atom. The zero-order chi connectivity index (χ0) is 20.4. The van der Waals surface area contributed by atoms with Gasteiger partial charge in [0.15, 0.2) is 0 Å². The molecule has 0 bridgehead atoms. The van der Waals surface area contributed by atoms with Gasteiger partial charge in [0.2, 0.25) is 5.91 Å². The first-order valence-corrected chi connectivity index (χ1v) is 10.2. The number of nitrogens with zero attached hydrogens (tertiary/aromatic N) is 4. The summed E-state index contributed by atoms with van der Waals surface area (Å²) in [6.45, 7) is 4.50. The van der Waals surface area contributed by atoms with E-state index in [4.69, 9.17) is 4.52 Å². The van der Waals surface area contributed by atoms with Crippen molar-refractivity contribution >= 4 is 11.8 Å². The third-order valence-corrected chi connectivity index (χ3v) is 6.40. The van der Waals surface area contributed by atoms with Gasteiger partial charge in [0.1, 0.15) is 12.0 Å². The summed E-state index contributed by atoms with van der Waals surface area (Å²) in [5, 5.41) is 13.9. The highest BCUT2D eigenvalue weighted by atomic mass is 16.5. The number of likely N-dealkylation sites (N-methyl/N-ethyl adjacent to an activating group) is 1. The molecular weight excluding hydrogens is 372 g/mol. The van der Waals surface area contributed by atoms with Crippen LogP contribution in [0.2, 0.25) is 0 Å². The van der Waals surface area contributed by atoms with Crippen LogP contribution in [0.4, 0.5) is 0 Å². The summed E-state index contributed by atoms with van der Waals surface area (Å²) in [7, 11) is 2.05. The van der Waals surface area contributed by atoms with E-state index >= 15 is 0 Å². The topological polar surface area (TPSA) is 107 Å². The second-order valence-electron chi connectivity index (χ2n) is 8.08. The number of likely N-dealkylation sites (tertiary alicyclic amines) is 2. The summed E-state index contributed by atoms with van der Waals surface area (Å²) >= 11 is 0. The van der Waals surface area contributed by atoms with Crippen molar-refractivity contribution in [3.05, 3.63) is 35.5 Å². The first-order valence-electron chi connectivity index (χ1n) is 10.2. The van der Waals surface area contributed by atoms with Crippen molar-refractivity contribution in [2.24, 2.45) is 5.41 Å². The summed E-state index contributed by atoms with van der Waals surface area (Å²) in [5.74, 6) is -0.0386. The minimum absolute atomic E-state index is 0.000918. The predicted molar refractivity (Wildman–Crippen MR) is 105 cm³/mol. The lowest BCUT2D eigenvalue weighted by molar-refractivity contribution is -0.142. The summed E-state index contributed by atoms with van der Waals surface area (Å²) < 4.78 is 4.85. The molecule has 4 rings (SSSR count). The summed E-state index contributed by atoms with van der Waals surface area (Å²) in [6.07, 6.45) is 6.13. The van der Waals surface area contributed by atoms with E-state index in [0.29, 0.717) is 37.3 Å². The van der Waals surface area contributed by atoms with Crippen molar-refractivity contribution in [2.75, 3.05) is 26.7 Å². The highest BCUT2D eigenvalue weighted by Gasteiger charge is 2.53. The molecule has 2 aromatic rings. The van der Waals surface area contributed by atoms with Gasteiger partial charge in [-0.3, -0.25) is 14.7 Å². The number of hydrogen-bond donors (Lipinski definition) is 2. The molecule has 2 saturated heterocycles. The van der Waals surface area contributed by atoms with E-state index in [-0.39, 0.29) is 17.9 Å². The number of nitrogens with one attached hydrogen (secondary N) is 2. The molecule has 0 spiro atoms. The lowest BCUT2D eigenvalue weighted by Gasteiger charge is -2.53. The van der Waals surface area contributed by atoms with E-state index in [2.05, 4.69) is 25.6 Å². The number of aromatic amines is 1. The number of aryl methyl sites for hydroxylation is 1. The Bertz CT molecular complexity index is 863. The van der Waals surface area contributed by atoms with Crippen molar-refractivity contribution in [1.82, 2.24) is 30.5 Å². The average molecular weight is 400 g/mol. The normalized spacial score (nSPS) is 24.9. The Balaban J connectivity index is 1.60. The highest BCUT2D eigenvalue weighted by molar-refractivity contribution is 5.96. The Hall–Kier alpha value is -2.68. The molecule has 0 saturated carbocycles. The molecule has 0 aliphatic carbocycles. The molecule has 2 fully saturated rings. The third-order valence-electron chi connectivity index (χ3n) is 6.40. The lowest BCUT2D eigenvalue weighted by atomic mass is 9.67. The standard InChI is InChI=1S/C20H28N6O3/c1-3-16-15(12-22-23-16)18(27)26-8-4-6-20(7-9-25(2)13-17(20)26)19(28)21-11-14-5-10-29-24-14/h5,10,12,17H,3-4,6-9,11,13H2,1-2H3,(H,21,28)(H,22,23)/t17-,20+/m0/s1. The summed E-state index contributed by atoms with van der Waals surface area (Å²) in [6, 6.07) is 1.57. The maximum atomic E-state index is 13.4. The van der Waals surface area contributed by atoms with Crippen LogP contribution in [0, 0.1) is 5.41 Å². The molecule has 2 aliphatic heterocycles. The molecule has 2 atom stereocenters. The maximum Gasteiger partial charge on any atom is 0.257 e. The first kappa shape index (κ1) is 19.6. The van der Waals surface area contributed by atoms with Crippen LogP contribution >= 0.6 is 0 Å². The van der Waals surface area contributed by atoms with Crippen molar-refractivity contribution in [3.8, 4) is 0 Å². The van der Waals surface area contributed by atoms with Gasteiger partial charge in [-0.05, 0) is 39.3 Å². The smallest absolute Gasteiger partial charge is 0.257 e. The van der Waals surface area contributed by atoms with Crippen LogP contribution in [0.1, 0.15) is 47.9 Å². The Morgan fingerprint density at radius 1 is 1.38 bits per heavy atom. The van der Waals surface area contributed by atoms with Gasteiger partial charge in [-0.25, -0.2) is 0 Å². The Kier molecular flexibility index (Phi) is 5.40. The van der Waals surface area contributed by atoms with E-state index in [1.165, 1.54) is 6.26 Å². The van der Waals surface area contributed by atoms with E-state index in [9.17, 15) is 9.59 Å². The summed E-state index contributed by atoms with van der Waals surface area (Å²) in [5.41, 5.74) is 1.56. The van der Waals surface area contributed by atoms with Crippen LogP contribution in [0.25, 0.3) is 0 Å². The monoisotopic (exact) mass is 400 g/mol. The molecule has 0 radical (unpaired) electrons. The van der Waals surface area contributed by atoms with Crippen molar-refractivity contribution in [1.29, 1.82) is 0 Å². The predicted octanol–water partition coefficient (Wildman–Crippen LogP) is 1.20. The number of carbonyl (C=O) groups is 2. The van der Waals surface area contributed by atoms with Gasteiger partial charge in [0, 0.05) is 24.8 Å². The first-order chi connectivity index (χ1) is 14.0. The van der Waals surface area contributed by atoms with Gasteiger partial charge in [-0.15, -0.1) is 0 Å². The molecule has 4 heterocycles. The fourth-order valence-corrected chi connectivity index (χ4v) is 4.75. The molecule has 2 aromatic heterocycles. The van der Waals surface area contributed by atoms with Crippen molar-refractivity contribution in [3.63, 3.8) is 0 Å². The van der Waals surface area contributed by atoms with Gasteiger partial charge < -0.3 is 19.6 Å². The van der Waals surface area contributed by atoms with Crippen LogP contribution in [0.15, 0.2) is 23.0 Å². The van der Waals surface area contributed by atoms with Gasteiger partial charge >= 0.3 is 0 Å².